The molecule has 6 heteroatoms. The van der Waals surface area contributed by atoms with Gasteiger partial charge in [-0.2, -0.15) is 0 Å². The molecule has 0 fully saturated rings. The highest BCUT2D eigenvalue weighted by atomic mass is 35.5. The topological polar surface area (TPSA) is 54.9 Å². The van der Waals surface area contributed by atoms with Gasteiger partial charge in [0.1, 0.15) is 5.15 Å². The lowest BCUT2D eigenvalue weighted by Crippen LogP contribution is -2.36. The van der Waals surface area contributed by atoms with E-state index in [1.165, 1.54) is 0 Å². The zero-order chi connectivity index (χ0) is 14.0. The van der Waals surface area contributed by atoms with E-state index in [0.29, 0.717) is 23.6 Å². The second-order valence-corrected chi connectivity index (χ2v) is 4.84. The molecule has 1 aromatic heterocycles. The van der Waals surface area contributed by atoms with Crippen molar-refractivity contribution in [1.29, 1.82) is 0 Å². The van der Waals surface area contributed by atoms with Crippen LogP contribution in [0.15, 0.2) is 33.9 Å². The first-order chi connectivity index (χ1) is 9.06. The lowest BCUT2D eigenvalue weighted by atomic mass is 10.1. The first kappa shape index (κ1) is 13.9. The van der Waals surface area contributed by atoms with E-state index in [4.69, 9.17) is 23.2 Å². The second kappa shape index (κ2) is 5.63. The Bertz CT molecular complexity index is 719. The third kappa shape index (κ3) is 2.60. The monoisotopic (exact) mass is 298 g/mol. The minimum atomic E-state index is -0.507. The third-order valence-corrected chi connectivity index (χ3v) is 3.34. The largest absolute Gasteiger partial charge is 0.329 e. The Labute approximate surface area is 119 Å². The van der Waals surface area contributed by atoms with Crippen LogP contribution in [0.2, 0.25) is 10.2 Å². The molecule has 100 valence electrons. The van der Waals surface area contributed by atoms with Crippen LogP contribution >= 0.6 is 23.2 Å². The van der Waals surface area contributed by atoms with E-state index in [-0.39, 0.29) is 10.7 Å². The van der Waals surface area contributed by atoms with Crippen LogP contribution in [0.3, 0.4) is 0 Å². The number of halogens is 2. The highest BCUT2D eigenvalue weighted by molar-refractivity contribution is 6.35. The van der Waals surface area contributed by atoms with E-state index in [9.17, 15) is 9.59 Å². The molecule has 1 N–H and O–H groups in total. The molecule has 0 atom stereocenters. The maximum atomic E-state index is 12.4. The molecule has 0 bridgehead atoms. The molecule has 0 aliphatic rings. The Morgan fingerprint density at radius 2 is 1.89 bits per heavy atom. The van der Waals surface area contributed by atoms with E-state index >= 15 is 0 Å². The molecule has 0 radical (unpaired) electrons. The van der Waals surface area contributed by atoms with Crippen molar-refractivity contribution in [3.8, 4) is 11.1 Å². The van der Waals surface area contributed by atoms with Gasteiger partial charge in [-0.05, 0) is 12.5 Å². The number of benzene rings is 1. The van der Waals surface area contributed by atoms with Crippen molar-refractivity contribution in [2.75, 3.05) is 0 Å². The Balaban J connectivity index is 2.78. The summed E-state index contributed by atoms with van der Waals surface area (Å²) in [6.07, 6.45) is 0.673. The highest BCUT2D eigenvalue weighted by Gasteiger charge is 2.16. The maximum absolute atomic E-state index is 12.4. The van der Waals surface area contributed by atoms with Crippen molar-refractivity contribution >= 4 is 23.2 Å². The van der Waals surface area contributed by atoms with Gasteiger partial charge in [0.25, 0.3) is 5.56 Å². The van der Waals surface area contributed by atoms with Gasteiger partial charge >= 0.3 is 5.69 Å². The molecular weight excluding hydrogens is 287 g/mol. The SMILES string of the molecule is CCCn1c(=O)[nH]c(Cl)c(-c2ccccc2Cl)c1=O. The van der Waals surface area contributed by atoms with Gasteiger partial charge in [0.2, 0.25) is 0 Å². The number of H-pyrrole nitrogens is 1. The fourth-order valence-electron chi connectivity index (χ4n) is 1.87. The summed E-state index contributed by atoms with van der Waals surface area (Å²) in [7, 11) is 0. The van der Waals surface area contributed by atoms with Crippen molar-refractivity contribution in [3.05, 3.63) is 55.3 Å². The summed E-state index contributed by atoms with van der Waals surface area (Å²) in [5, 5.41) is 0.423. The Morgan fingerprint density at radius 1 is 1.21 bits per heavy atom. The van der Waals surface area contributed by atoms with Crippen LogP contribution in [0.25, 0.3) is 11.1 Å². The van der Waals surface area contributed by atoms with Crippen LogP contribution in [0.1, 0.15) is 13.3 Å². The van der Waals surface area contributed by atoms with E-state index in [2.05, 4.69) is 4.98 Å². The average molecular weight is 299 g/mol. The number of hydrogen-bond donors (Lipinski definition) is 1. The number of nitrogens with zero attached hydrogens (tertiary/aromatic N) is 1. The minimum Gasteiger partial charge on any atom is -0.297 e. The van der Waals surface area contributed by atoms with Crippen LogP contribution in [0.5, 0.6) is 0 Å². The number of hydrogen-bond acceptors (Lipinski definition) is 2. The average Bonchev–Trinajstić information content (AvgIpc) is 2.36. The molecule has 0 aliphatic heterocycles. The number of rotatable bonds is 3. The lowest BCUT2D eigenvalue weighted by Gasteiger charge is -2.09. The van der Waals surface area contributed by atoms with Gasteiger partial charge in [0, 0.05) is 17.1 Å². The third-order valence-electron chi connectivity index (χ3n) is 2.73. The van der Waals surface area contributed by atoms with Crippen LogP contribution in [-0.2, 0) is 6.54 Å². The van der Waals surface area contributed by atoms with Gasteiger partial charge in [0.05, 0.1) is 5.56 Å². The van der Waals surface area contributed by atoms with Crippen LogP contribution in [0, 0.1) is 0 Å². The predicted octanol–water partition coefficient (Wildman–Crippen LogP) is 2.92. The Hall–Kier alpha value is -1.52. The lowest BCUT2D eigenvalue weighted by molar-refractivity contribution is 0.617. The Morgan fingerprint density at radius 3 is 2.53 bits per heavy atom. The molecule has 0 saturated heterocycles. The molecule has 19 heavy (non-hydrogen) atoms. The summed E-state index contributed by atoms with van der Waals surface area (Å²) in [6, 6.07) is 6.88. The summed E-state index contributed by atoms with van der Waals surface area (Å²) in [4.78, 5) is 26.5. The van der Waals surface area contributed by atoms with Crippen molar-refractivity contribution in [3.63, 3.8) is 0 Å². The van der Waals surface area contributed by atoms with E-state index in [1.807, 2.05) is 6.92 Å². The highest BCUT2D eigenvalue weighted by Crippen LogP contribution is 2.28. The van der Waals surface area contributed by atoms with Crippen molar-refractivity contribution < 1.29 is 0 Å². The number of nitrogens with one attached hydrogen (secondary N) is 1. The summed E-state index contributed by atoms with van der Waals surface area (Å²) in [5.41, 5.74) is -0.197. The molecule has 0 unspecified atom stereocenters. The zero-order valence-electron chi connectivity index (χ0n) is 10.2. The fraction of sp³-hybridized carbons (Fsp3) is 0.231. The van der Waals surface area contributed by atoms with E-state index < -0.39 is 11.2 Å². The predicted molar refractivity (Wildman–Crippen MR) is 77.1 cm³/mol. The van der Waals surface area contributed by atoms with Crippen molar-refractivity contribution in [2.24, 2.45) is 0 Å². The molecule has 0 amide bonds. The Kier molecular flexibility index (Phi) is 4.12. The van der Waals surface area contributed by atoms with Gasteiger partial charge < -0.3 is 0 Å². The molecular formula is C13H12Cl2N2O2. The van der Waals surface area contributed by atoms with Crippen LogP contribution < -0.4 is 11.2 Å². The molecule has 2 rings (SSSR count). The molecule has 4 nitrogen and oxygen atoms in total. The number of aromatic amines is 1. The standard InChI is InChI=1S/C13H12Cl2N2O2/c1-2-7-17-12(18)10(11(15)16-13(17)19)8-5-3-4-6-9(8)14/h3-6H,2,7H2,1H3,(H,16,19). The first-order valence-electron chi connectivity index (χ1n) is 5.83. The summed E-state index contributed by atoms with van der Waals surface area (Å²) in [5.74, 6) is 0. The van der Waals surface area contributed by atoms with Crippen LogP contribution in [0.4, 0.5) is 0 Å². The van der Waals surface area contributed by atoms with Crippen LogP contribution in [-0.4, -0.2) is 9.55 Å². The van der Waals surface area contributed by atoms with Gasteiger partial charge in [-0.3, -0.25) is 14.3 Å². The summed E-state index contributed by atoms with van der Waals surface area (Å²) >= 11 is 12.1. The number of aromatic nitrogens is 2. The maximum Gasteiger partial charge on any atom is 0.329 e. The fourth-order valence-corrected chi connectivity index (χ4v) is 2.36. The summed E-state index contributed by atoms with van der Waals surface area (Å²) in [6.45, 7) is 2.22. The molecule has 1 aromatic carbocycles. The van der Waals surface area contributed by atoms with Crippen molar-refractivity contribution in [1.82, 2.24) is 9.55 Å². The first-order valence-corrected chi connectivity index (χ1v) is 6.59. The van der Waals surface area contributed by atoms with Gasteiger partial charge in [-0.15, -0.1) is 0 Å². The normalized spacial score (nSPS) is 10.7. The van der Waals surface area contributed by atoms with Crippen molar-refractivity contribution in [2.45, 2.75) is 19.9 Å². The van der Waals surface area contributed by atoms with Gasteiger partial charge in [-0.1, -0.05) is 48.3 Å². The molecule has 1 heterocycles. The smallest absolute Gasteiger partial charge is 0.297 e. The quantitative estimate of drug-likeness (QED) is 0.886. The van der Waals surface area contributed by atoms with Gasteiger partial charge in [0.15, 0.2) is 0 Å². The van der Waals surface area contributed by atoms with Gasteiger partial charge in [-0.25, -0.2) is 4.79 Å². The zero-order valence-corrected chi connectivity index (χ0v) is 11.8. The molecule has 0 aliphatic carbocycles. The summed E-state index contributed by atoms with van der Waals surface area (Å²) < 4.78 is 1.13. The van der Waals surface area contributed by atoms with E-state index in [1.54, 1.807) is 24.3 Å². The molecule has 0 spiro atoms. The second-order valence-electron chi connectivity index (χ2n) is 4.06. The molecule has 2 aromatic rings. The molecule has 0 saturated carbocycles. The van der Waals surface area contributed by atoms with E-state index in [0.717, 1.165) is 4.57 Å². The minimum absolute atomic E-state index is 0.00968.